The van der Waals surface area contributed by atoms with Gasteiger partial charge in [0.1, 0.15) is 0 Å². The number of carbonyl (C=O) groups excluding carboxylic acids is 2. The van der Waals surface area contributed by atoms with Gasteiger partial charge in [0.15, 0.2) is 0 Å². The number of hydrogen-bond acceptors (Lipinski definition) is 3. The molecule has 6 heteroatoms. The first-order valence-electron chi connectivity index (χ1n) is 9.44. The fourth-order valence-corrected chi connectivity index (χ4v) is 3.45. The van der Waals surface area contributed by atoms with Crippen LogP contribution >= 0.6 is 11.6 Å². The standard InChI is InChI=1S/C22H25ClN2O3/c1-22(28,12-11-16-5-3-2-4-6-16)15-24-21(27)17-13-20(26)25(14-17)19-9-7-18(23)8-10-19/h2-10,17,28H,11-15H2,1H3,(H,24,27)/t17-,22+/m1/s1. The van der Waals surface area contributed by atoms with Crippen molar-refractivity contribution in [1.82, 2.24) is 5.32 Å². The fourth-order valence-electron chi connectivity index (χ4n) is 3.32. The summed E-state index contributed by atoms with van der Waals surface area (Å²) in [5.74, 6) is -0.712. The Hall–Kier alpha value is -2.37. The van der Waals surface area contributed by atoms with Crippen LogP contribution in [0.1, 0.15) is 25.3 Å². The van der Waals surface area contributed by atoms with E-state index in [1.54, 1.807) is 36.1 Å². The van der Waals surface area contributed by atoms with Crippen LogP contribution in [0.2, 0.25) is 5.02 Å². The van der Waals surface area contributed by atoms with E-state index in [9.17, 15) is 14.7 Å². The van der Waals surface area contributed by atoms with Crippen molar-refractivity contribution in [2.45, 2.75) is 31.8 Å². The highest BCUT2D eigenvalue weighted by atomic mass is 35.5. The molecular weight excluding hydrogens is 376 g/mol. The van der Waals surface area contributed by atoms with Gasteiger partial charge in [0.25, 0.3) is 0 Å². The number of halogens is 1. The Balaban J connectivity index is 1.50. The zero-order valence-corrected chi connectivity index (χ0v) is 16.7. The summed E-state index contributed by atoms with van der Waals surface area (Å²) >= 11 is 5.89. The molecule has 0 saturated carbocycles. The average Bonchev–Trinajstić information content (AvgIpc) is 3.08. The van der Waals surface area contributed by atoms with Crippen LogP contribution in [0.3, 0.4) is 0 Å². The zero-order valence-electron chi connectivity index (χ0n) is 15.9. The summed E-state index contributed by atoms with van der Waals surface area (Å²) in [4.78, 5) is 26.4. The van der Waals surface area contributed by atoms with E-state index in [0.29, 0.717) is 18.0 Å². The van der Waals surface area contributed by atoms with E-state index >= 15 is 0 Å². The van der Waals surface area contributed by atoms with E-state index in [2.05, 4.69) is 5.32 Å². The average molecular weight is 401 g/mol. The Bertz CT molecular complexity index is 821. The molecule has 5 nitrogen and oxygen atoms in total. The first-order chi connectivity index (χ1) is 13.3. The van der Waals surface area contributed by atoms with Gasteiger partial charge in [-0.2, -0.15) is 0 Å². The molecule has 2 aromatic carbocycles. The monoisotopic (exact) mass is 400 g/mol. The topological polar surface area (TPSA) is 69.6 Å². The van der Waals surface area contributed by atoms with Crippen LogP contribution < -0.4 is 10.2 Å². The molecule has 148 valence electrons. The number of rotatable bonds is 7. The van der Waals surface area contributed by atoms with Crippen molar-refractivity contribution in [1.29, 1.82) is 0 Å². The van der Waals surface area contributed by atoms with Crippen molar-refractivity contribution in [2.24, 2.45) is 5.92 Å². The summed E-state index contributed by atoms with van der Waals surface area (Å²) in [5, 5.41) is 14.0. The SMILES string of the molecule is C[C@](O)(CCc1ccccc1)CNC(=O)[C@@H]1CC(=O)N(c2ccc(Cl)cc2)C1. The van der Waals surface area contributed by atoms with Crippen LogP contribution in [-0.4, -0.2) is 35.6 Å². The van der Waals surface area contributed by atoms with E-state index in [1.807, 2.05) is 30.3 Å². The van der Waals surface area contributed by atoms with Crippen LogP contribution in [0.5, 0.6) is 0 Å². The third-order valence-electron chi connectivity index (χ3n) is 5.07. The lowest BCUT2D eigenvalue weighted by atomic mass is 9.96. The summed E-state index contributed by atoms with van der Waals surface area (Å²) in [6, 6.07) is 16.9. The smallest absolute Gasteiger partial charge is 0.227 e. The molecule has 2 N–H and O–H groups in total. The number of hydrogen-bond donors (Lipinski definition) is 2. The van der Waals surface area contributed by atoms with E-state index < -0.39 is 11.5 Å². The van der Waals surface area contributed by atoms with E-state index in [0.717, 1.165) is 17.7 Å². The zero-order chi connectivity index (χ0) is 20.1. The minimum Gasteiger partial charge on any atom is -0.388 e. The first kappa shape index (κ1) is 20.4. The van der Waals surface area contributed by atoms with E-state index in [-0.39, 0.29) is 24.8 Å². The fraction of sp³-hybridized carbons (Fsp3) is 0.364. The molecule has 0 bridgehead atoms. The number of benzene rings is 2. The number of nitrogens with zero attached hydrogens (tertiary/aromatic N) is 1. The molecule has 1 aliphatic heterocycles. The predicted octanol–water partition coefficient (Wildman–Crippen LogP) is 3.19. The lowest BCUT2D eigenvalue weighted by Crippen LogP contribution is -2.43. The van der Waals surface area contributed by atoms with Gasteiger partial charge in [-0.15, -0.1) is 0 Å². The van der Waals surface area contributed by atoms with Gasteiger partial charge in [-0.25, -0.2) is 0 Å². The van der Waals surface area contributed by atoms with Gasteiger partial charge in [-0.05, 0) is 49.6 Å². The number of amides is 2. The van der Waals surface area contributed by atoms with Gasteiger partial charge in [-0.3, -0.25) is 9.59 Å². The summed E-state index contributed by atoms with van der Waals surface area (Å²) in [6.45, 7) is 2.21. The van der Waals surface area contributed by atoms with Crippen LogP contribution in [0.4, 0.5) is 5.69 Å². The summed E-state index contributed by atoms with van der Waals surface area (Å²) in [7, 11) is 0. The third kappa shape index (κ3) is 5.33. The molecule has 1 heterocycles. The molecule has 1 aliphatic rings. The second-order valence-corrected chi connectivity index (χ2v) is 8.02. The molecule has 3 rings (SSSR count). The summed E-state index contributed by atoms with van der Waals surface area (Å²) < 4.78 is 0. The highest BCUT2D eigenvalue weighted by molar-refractivity contribution is 6.30. The van der Waals surface area contributed by atoms with Crippen molar-refractivity contribution < 1.29 is 14.7 Å². The minimum atomic E-state index is -1.01. The van der Waals surface area contributed by atoms with Crippen molar-refractivity contribution in [3.63, 3.8) is 0 Å². The maximum absolute atomic E-state index is 12.5. The molecule has 2 atom stereocenters. The van der Waals surface area contributed by atoms with Gasteiger partial charge in [0, 0.05) is 30.2 Å². The molecule has 0 aliphatic carbocycles. The van der Waals surface area contributed by atoms with E-state index in [4.69, 9.17) is 11.6 Å². The van der Waals surface area contributed by atoms with Gasteiger partial charge < -0.3 is 15.3 Å². The molecule has 2 amide bonds. The predicted molar refractivity (Wildman–Crippen MR) is 110 cm³/mol. The number of nitrogens with one attached hydrogen (secondary N) is 1. The van der Waals surface area contributed by atoms with Crippen molar-refractivity contribution in [3.05, 3.63) is 65.2 Å². The lowest BCUT2D eigenvalue weighted by Gasteiger charge is -2.24. The Morgan fingerprint density at radius 1 is 1.21 bits per heavy atom. The van der Waals surface area contributed by atoms with Crippen LogP contribution in [0.25, 0.3) is 0 Å². The van der Waals surface area contributed by atoms with Gasteiger partial charge >= 0.3 is 0 Å². The maximum atomic E-state index is 12.5. The molecule has 1 saturated heterocycles. The Morgan fingerprint density at radius 2 is 1.89 bits per heavy atom. The maximum Gasteiger partial charge on any atom is 0.227 e. The molecule has 0 unspecified atom stereocenters. The second-order valence-electron chi connectivity index (χ2n) is 7.58. The van der Waals surface area contributed by atoms with Crippen LogP contribution in [0.15, 0.2) is 54.6 Å². The minimum absolute atomic E-state index is 0.0849. The normalized spacial score (nSPS) is 18.8. The third-order valence-corrected chi connectivity index (χ3v) is 5.32. The van der Waals surface area contributed by atoms with E-state index in [1.165, 1.54) is 0 Å². The molecule has 0 radical (unpaired) electrons. The molecule has 2 aromatic rings. The first-order valence-corrected chi connectivity index (χ1v) is 9.82. The molecule has 0 aromatic heterocycles. The quantitative estimate of drug-likeness (QED) is 0.749. The lowest BCUT2D eigenvalue weighted by molar-refractivity contribution is -0.127. The van der Waals surface area contributed by atoms with Gasteiger partial charge in [0.05, 0.1) is 11.5 Å². The Kier molecular flexibility index (Phi) is 6.37. The number of anilines is 1. The molecule has 28 heavy (non-hydrogen) atoms. The summed E-state index contributed by atoms with van der Waals surface area (Å²) in [5.41, 5.74) is 0.873. The Morgan fingerprint density at radius 3 is 2.57 bits per heavy atom. The van der Waals surface area contributed by atoms with Gasteiger partial charge in [0.2, 0.25) is 11.8 Å². The van der Waals surface area contributed by atoms with Crippen molar-refractivity contribution in [2.75, 3.05) is 18.0 Å². The largest absolute Gasteiger partial charge is 0.388 e. The Labute approximate surface area is 170 Å². The molecular formula is C22H25ClN2O3. The van der Waals surface area contributed by atoms with Crippen LogP contribution in [0, 0.1) is 5.92 Å². The number of carbonyl (C=O) groups is 2. The second kappa shape index (κ2) is 8.76. The number of aryl methyl sites for hydroxylation is 1. The highest BCUT2D eigenvalue weighted by Crippen LogP contribution is 2.26. The highest BCUT2D eigenvalue weighted by Gasteiger charge is 2.35. The van der Waals surface area contributed by atoms with Crippen LogP contribution in [-0.2, 0) is 16.0 Å². The molecule has 0 spiro atoms. The van der Waals surface area contributed by atoms with Crippen molar-refractivity contribution in [3.8, 4) is 0 Å². The molecule has 1 fully saturated rings. The van der Waals surface area contributed by atoms with Gasteiger partial charge in [-0.1, -0.05) is 41.9 Å². The summed E-state index contributed by atoms with van der Waals surface area (Å²) in [6.07, 6.45) is 1.44. The van der Waals surface area contributed by atoms with Crippen molar-refractivity contribution >= 4 is 29.1 Å². The number of aliphatic hydroxyl groups is 1.